The molecule has 2 N–H and O–H groups in total. The lowest BCUT2D eigenvalue weighted by Crippen LogP contribution is -2.30. The Kier molecular flexibility index (Phi) is 5.66. The van der Waals surface area contributed by atoms with E-state index in [1.165, 1.54) is 17.0 Å². The van der Waals surface area contributed by atoms with Crippen LogP contribution >= 0.6 is 11.3 Å². The number of thiophene rings is 1. The first kappa shape index (κ1) is 17.7. The minimum absolute atomic E-state index is 0.0244. The van der Waals surface area contributed by atoms with Crippen molar-refractivity contribution in [3.8, 4) is 6.07 Å². The average molecular weight is 368 g/mol. The molecule has 0 bridgehead atoms. The summed E-state index contributed by atoms with van der Waals surface area (Å²) in [4.78, 5) is 13.5. The summed E-state index contributed by atoms with van der Waals surface area (Å²) in [6, 6.07) is 13.9. The third-order valence-corrected chi connectivity index (χ3v) is 4.68. The van der Waals surface area contributed by atoms with Gasteiger partial charge in [0.15, 0.2) is 0 Å². The van der Waals surface area contributed by atoms with E-state index in [-0.39, 0.29) is 11.5 Å². The highest BCUT2D eigenvalue weighted by Crippen LogP contribution is 2.17. The Morgan fingerprint density at radius 2 is 2.08 bits per heavy atom. The third-order valence-electron chi connectivity index (χ3n) is 3.82. The summed E-state index contributed by atoms with van der Waals surface area (Å²) in [6.07, 6.45) is 1.87. The van der Waals surface area contributed by atoms with Crippen LogP contribution in [0.25, 0.3) is 0 Å². The standard InChI is InChI=1S/C19H17FN4OS/c20-16-5-1-6-17(15(16)12-21)22-8-9-23-19(25)18-7-2-10-24(18)13-14-4-3-11-26-14/h1-7,10-11,22H,8-9,13H2,(H,23,25). The highest BCUT2D eigenvalue weighted by atomic mass is 32.1. The molecule has 0 radical (unpaired) electrons. The van der Waals surface area contributed by atoms with Crippen molar-refractivity contribution in [3.05, 3.63) is 76.0 Å². The zero-order valence-corrected chi connectivity index (χ0v) is 14.7. The lowest BCUT2D eigenvalue weighted by Gasteiger charge is -2.11. The van der Waals surface area contributed by atoms with Crippen LogP contribution in [0.3, 0.4) is 0 Å². The summed E-state index contributed by atoms with van der Waals surface area (Å²) in [7, 11) is 0. The third kappa shape index (κ3) is 4.10. The van der Waals surface area contributed by atoms with Crippen molar-refractivity contribution in [1.29, 1.82) is 5.26 Å². The maximum atomic E-state index is 13.5. The van der Waals surface area contributed by atoms with Gasteiger partial charge in [-0.05, 0) is 35.7 Å². The number of nitriles is 1. The smallest absolute Gasteiger partial charge is 0.267 e. The van der Waals surface area contributed by atoms with Crippen LogP contribution in [0.15, 0.2) is 54.0 Å². The van der Waals surface area contributed by atoms with E-state index in [9.17, 15) is 9.18 Å². The van der Waals surface area contributed by atoms with Crippen molar-refractivity contribution in [1.82, 2.24) is 9.88 Å². The second kappa shape index (κ2) is 8.32. The van der Waals surface area contributed by atoms with Crippen molar-refractivity contribution in [2.45, 2.75) is 6.54 Å². The minimum Gasteiger partial charge on any atom is -0.382 e. The maximum Gasteiger partial charge on any atom is 0.267 e. The molecule has 0 spiro atoms. The van der Waals surface area contributed by atoms with Crippen molar-refractivity contribution in [2.24, 2.45) is 0 Å². The van der Waals surface area contributed by atoms with Crippen molar-refractivity contribution < 1.29 is 9.18 Å². The molecule has 0 atom stereocenters. The van der Waals surface area contributed by atoms with Crippen molar-refractivity contribution >= 4 is 22.9 Å². The van der Waals surface area contributed by atoms with Crippen LogP contribution < -0.4 is 10.6 Å². The fourth-order valence-corrected chi connectivity index (χ4v) is 3.28. The fraction of sp³-hybridized carbons (Fsp3) is 0.158. The first-order valence-corrected chi connectivity index (χ1v) is 8.95. The number of hydrogen-bond donors (Lipinski definition) is 2. The van der Waals surface area contributed by atoms with Crippen molar-refractivity contribution in [2.75, 3.05) is 18.4 Å². The SMILES string of the molecule is N#Cc1c(F)cccc1NCCNC(=O)c1cccn1Cc1cccs1. The van der Waals surface area contributed by atoms with Gasteiger partial charge in [-0.2, -0.15) is 5.26 Å². The predicted molar refractivity (Wildman–Crippen MR) is 99.8 cm³/mol. The van der Waals surface area contributed by atoms with Gasteiger partial charge in [0, 0.05) is 24.2 Å². The second-order valence-electron chi connectivity index (χ2n) is 5.56. The van der Waals surface area contributed by atoms with Gasteiger partial charge in [-0.25, -0.2) is 4.39 Å². The molecule has 0 saturated heterocycles. The summed E-state index contributed by atoms with van der Waals surface area (Å²) in [6.45, 7) is 1.39. The molecule has 3 aromatic rings. The van der Waals surface area contributed by atoms with Gasteiger partial charge in [-0.15, -0.1) is 11.3 Å². The topological polar surface area (TPSA) is 69.8 Å². The molecule has 26 heavy (non-hydrogen) atoms. The van der Waals surface area contributed by atoms with E-state index in [0.717, 1.165) is 0 Å². The first-order valence-electron chi connectivity index (χ1n) is 8.07. The van der Waals surface area contributed by atoms with Crippen LogP contribution in [0, 0.1) is 17.1 Å². The molecule has 0 aliphatic rings. The Balaban J connectivity index is 1.53. The Bertz CT molecular complexity index is 927. The molecule has 0 aliphatic heterocycles. The number of aromatic nitrogens is 1. The lowest BCUT2D eigenvalue weighted by atomic mass is 10.2. The molecule has 3 rings (SSSR count). The zero-order valence-electron chi connectivity index (χ0n) is 13.9. The molecule has 2 heterocycles. The normalized spacial score (nSPS) is 10.3. The van der Waals surface area contributed by atoms with Gasteiger partial charge in [0.2, 0.25) is 0 Å². The van der Waals surface area contributed by atoms with Gasteiger partial charge in [0.1, 0.15) is 23.1 Å². The molecule has 5 nitrogen and oxygen atoms in total. The Morgan fingerprint density at radius 3 is 2.85 bits per heavy atom. The van der Waals surface area contributed by atoms with Gasteiger partial charge in [0.25, 0.3) is 5.91 Å². The van der Waals surface area contributed by atoms with Gasteiger partial charge in [0.05, 0.1) is 12.2 Å². The monoisotopic (exact) mass is 368 g/mol. The number of carbonyl (C=O) groups is 1. The number of nitrogens with zero attached hydrogens (tertiary/aromatic N) is 2. The average Bonchev–Trinajstić information content (AvgIpc) is 3.31. The summed E-state index contributed by atoms with van der Waals surface area (Å²) in [5, 5.41) is 16.8. The van der Waals surface area contributed by atoms with Crippen molar-refractivity contribution in [3.63, 3.8) is 0 Å². The minimum atomic E-state index is -0.562. The van der Waals surface area contributed by atoms with Crippen LogP contribution in [0.4, 0.5) is 10.1 Å². The zero-order chi connectivity index (χ0) is 18.4. The second-order valence-corrected chi connectivity index (χ2v) is 6.59. The number of amides is 1. The van der Waals surface area contributed by atoms with E-state index in [4.69, 9.17) is 5.26 Å². The van der Waals surface area contributed by atoms with E-state index in [1.807, 2.05) is 40.4 Å². The number of carbonyl (C=O) groups excluding carboxylic acids is 1. The summed E-state index contributed by atoms with van der Waals surface area (Å²) in [5.41, 5.74) is 0.980. The van der Waals surface area contributed by atoms with Crippen LogP contribution in [-0.2, 0) is 6.54 Å². The molecule has 7 heteroatoms. The van der Waals surface area contributed by atoms with Gasteiger partial charge < -0.3 is 15.2 Å². The highest BCUT2D eigenvalue weighted by Gasteiger charge is 2.11. The molecule has 2 aromatic heterocycles. The van der Waals surface area contributed by atoms with Gasteiger partial charge in [-0.3, -0.25) is 4.79 Å². The molecule has 0 saturated carbocycles. The predicted octanol–water partition coefficient (Wildman–Crippen LogP) is 3.45. The summed E-state index contributed by atoms with van der Waals surface area (Å²) < 4.78 is 15.4. The maximum absolute atomic E-state index is 13.5. The van der Waals surface area contributed by atoms with E-state index >= 15 is 0 Å². The lowest BCUT2D eigenvalue weighted by molar-refractivity contribution is 0.0946. The number of halogens is 1. The highest BCUT2D eigenvalue weighted by molar-refractivity contribution is 7.09. The number of hydrogen-bond acceptors (Lipinski definition) is 4. The number of anilines is 1. The molecular formula is C19H17FN4OS. The van der Waals surface area contributed by atoms with Crippen LogP contribution in [0.5, 0.6) is 0 Å². The van der Waals surface area contributed by atoms with E-state index in [0.29, 0.717) is 31.0 Å². The largest absolute Gasteiger partial charge is 0.382 e. The summed E-state index contributed by atoms with van der Waals surface area (Å²) >= 11 is 1.65. The Labute approximate surface area is 154 Å². The number of nitrogens with one attached hydrogen (secondary N) is 2. The number of rotatable bonds is 7. The Morgan fingerprint density at radius 1 is 1.19 bits per heavy atom. The number of benzene rings is 1. The first-order chi connectivity index (χ1) is 12.7. The molecule has 1 amide bonds. The molecule has 132 valence electrons. The van der Waals surface area contributed by atoms with Crippen LogP contribution in [-0.4, -0.2) is 23.6 Å². The van der Waals surface area contributed by atoms with E-state index in [1.54, 1.807) is 23.5 Å². The quantitative estimate of drug-likeness (QED) is 0.628. The fourth-order valence-electron chi connectivity index (χ4n) is 2.58. The summed E-state index contributed by atoms with van der Waals surface area (Å²) in [5.74, 6) is -0.735. The molecule has 0 aliphatic carbocycles. The van der Waals surface area contributed by atoms with Crippen LogP contribution in [0.1, 0.15) is 20.9 Å². The van der Waals surface area contributed by atoms with Gasteiger partial charge in [-0.1, -0.05) is 12.1 Å². The van der Waals surface area contributed by atoms with Crippen LogP contribution in [0.2, 0.25) is 0 Å². The molecule has 0 unspecified atom stereocenters. The molecule has 1 aromatic carbocycles. The Hall–Kier alpha value is -3.11. The molecular weight excluding hydrogens is 351 g/mol. The van der Waals surface area contributed by atoms with E-state index < -0.39 is 5.82 Å². The van der Waals surface area contributed by atoms with Gasteiger partial charge >= 0.3 is 0 Å². The molecule has 0 fully saturated rings. The van der Waals surface area contributed by atoms with E-state index in [2.05, 4.69) is 10.6 Å².